The topological polar surface area (TPSA) is 152 Å². The molecule has 0 aliphatic carbocycles. The molecule has 8 heteroatoms. The first-order valence-electron chi connectivity index (χ1n) is 11.3. The number of carboxylic acids is 1. The fraction of sp³-hybridized carbons (Fsp3) is 0.864. The molecule has 30 heavy (non-hydrogen) atoms. The second-order valence-electron chi connectivity index (χ2n) is 7.99. The summed E-state index contributed by atoms with van der Waals surface area (Å²) in [6.45, 7) is 2.21. The summed E-state index contributed by atoms with van der Waals surface area (Å²) in [4.78, 5) is 34.2. The van der Waals surface area contributed by atoms with Crippen molar-refractivity contribution in [2.45, 2.75) is 121 Å². The van der Waals surface area contributed by atoms with Crippen LogP contribution in [0, 0.1) is 0 Å². The van der Waals surface area contributed by atoms with Crippen LogP contribution in [0.15, 0.2) is 0 Å². The maximum absolute atomic E-state index is 11.8. The predicted molar refractivity (Wildman–Crippen MR) is 112 cm³/mol. The first-order valence-corrected chi connectivity index (χ1v) is 11.3. The number of rotatable bonds is 20. The van der Waals surface area contributed by atoms with Crippen molar-refractivity contribution >= 4 is 17.5 Å². The van der Waals surface area contributed by atoms with Crippen LogP contribution in [0.5, 0.6) is 0 Å². The number of hydrogen-bond donors (Lipinski definition) is 5. The summed E-state index contributed by atoms with van der Waals surface area (Å²) in [5.74, 6) is -4.00. The highest BCUT2D eigenvalue weighted by Gasteiger charge is 2.38. The smallest absolute Gasteiger partial charge is 0.335 e. The molecule has 176 valence electrons. The van der Waals surface area contributed by atoms with Gasteiger partial charge in [0.2, 0.25) is 11.6 Å². The monoisotopic (exact) mass is 432 g/mol. The highest BCUT2D eigenvalue weighted by molar-refractivity contribution is 6.38. The molecule has 0 aliphatic rings. The van der Waals surface area contributed by atoms with E-state index >= 15 is 0 Å². The third-order valence-electron chi connectivity index (χ3n) is 5.30. The van der Waals surface area contributed by atoms with Gasteiger partial charge in [-0.15, -0.1) is 0 Å². The molecule has 0 aromatic carbocycles. The number of aliphatic hydroxyl groups is 4. The van der Waals surface area contributed by atoms with Crippen LogP contribution in [0.4, 0.5) is 0 Å². The number of carbonyl (C=O) groups is 3. The van der Waals surface area contributed by atoms with Gasteiger partial charge in [-0.25, -0.2) is 4.79 Å². The van der Waals surface area contributed by atoms with E-state index in [4.69, 9.17) is 10.2 Å². The van der Waals surface area contributed by atoms with Crippen molar-refractivity contribution in [3.05, 3.63) is 0 Å². The normalized spacial score (nSPS) is 15.4. The number of ketones is 2. The van der Waals surface area contributed by atoms with Crippen LogP contribution in [-0.4, -0.2) is 67.5 Å². The Kier molecular flexibility index (Phi) is 16.6. The highest BCUT2D eigenvalue weighted by Crippen LogP contribution is 2.14. The zero-order valence-corrected chi connectivity index (χ0v) is 18.2. The van der Waals surface area contributed by atoms with Crippen LogP contribution < -0.4 is 0 Å². The maximum atomic E-state index is 11.8. The van der Waals surface area contributed by atoms with Crippen molar-refractivity contribution in [1.29, 1.82) is 0 Å². The molecular weight excluding hydrogens is 392 g/mol. The predicted octanol–water partition coefficient (Wildman–Crippen LogP) is 2.13. The second-order valence-corrected chi connectivity index (χ2v) is 7.99. The fourth-order valence-corrected chi connectivity index (χ4v) is 3.27. The molecule has 4 atom stereocenters. The molecule has 5 N–H and O–H groups in total. The van der Waals surface area contributed by atoms with Gasteiger partial charge in [0.1, 0.15) is 18.3 Å². The van der Waals surface area contributed by atoms with Gasteiger partial charge in [-0.3, -0.25) is 9.59 Å². The standard InChI is InChI=1S/C22H40O8/c1-2-3-4-5-6-7-8-9-10-11-12-13-14-15-16(23)17(24)18(25)19(26)20(27)21(28)22(29)30/h18-21,25-28H,2-15H2,1H3,(H,29,30)/t18-,19+,20-,21-/m0/s1. The molecule has 0 saturated carbocycles. The van der Waals surface area contributed by atoms with Crippen molar-refractivity contribution in [1.82, 2.24) is 0 Å². The first kappa shape index (κ1) is 28.6. The Morgan fingerprint density at radius 2 is 0.967 bits per heavy atom. The number of Topliss-reactive ketones (excluding diaryl/α,β-unsaturated/α-hetero) is 2. The van der Waals surface area contributed by atoms with Crippen LogP contribution in [0.3, 0.4) is 0 Å². The minimum atomic E-state index is -2.38. The van der Waals surface area contributed by atoms with Crippen LogP contribution in [-0.2, 0) is 14.4 Å². The number of aliphatic hydroxyl groups excluding tert-OH is 4. The summed E-state index contributed by atoms with van der Waals surface area (Å²) in [6.07, 6.45) is 5.43. The highest BCUT2D eigenvalue weighted by atomic mass is 16.4. The number of unbranched alkanes of at least 4 members (excludes halogenated alkanes) is 12. The fourth-order valence-electron chi connectivity index (χ4n) is 3.27. The van der Waals surface area contributed by atoms with E-state index in [1.807, 2.05) is 0 Å². The van der Waals surface area contributed by atoms with Gasteiger partial charge in [-0.05, 0) is 6.42 Å². The second kappa shape index (κ2) is 17.3. The minimum absolute atomic E-state index is 0.0854. The van der Waals surface area contributed by atoms with E-state index in [9.17, 15) is 29.7 Å². The molecule has 0 spiro atoms. The summed E-state index contributed by atoms with van der Waals surface area (Å²) in [5, 5.41) is 46.5. The van der Waals surface area contributed by atoms with E-state index in [-0.39, 0.29) is 6.42 Å². The third-order valence-corrected chi connectivity index (χ3v) is 5.30. The van der Waals surface area contributed by atoms with E-state index in [1.54, 1.807) is 0 Å². The lowest BCUT2D eigenvalue weighted by Gasteiger charge is -2.23. The van der Waals surface area contributed by atoms with Gasteiger partial charge in [0.15, 0.2) is 6.10 Å². The summed E-state index contributed by atoms with van der Waals surface area (Å²) in [7, 11) is 0. The molecular formula is C22H40O8. The minimum Gasteiger partial charge on any atom is -0.479 e. The Balaban J connectivity index is 3.83. The zero-order valence-electron chi connectivity index (χ0n) is 18.2. The summed E-state index contributed by atoms with van der Waals surface area (Å²) in [6, 6.07) is 0. The van der Waals surface area contributed by atoms with Crippen molar-refractivity contribution in [3.8, 4) is 0 Å². The van der Waals surface area contributed by atoms with Crippen LogP contribution in [0.25, 0.3) is 0 Å². The van der Waals surface area contributed by atoms with Crippen molar-refractivity contribution < 1.29 is 39.9 Å². The third kappa shape index (κ3) is 12.4. The van der Waals surface area contributed by atoms with Gasteiger partial charge in [-0.2, -0.15) is 0 Å². The molecule has 0 saturated heterocycles. The van der Waals surface area contributed by atoms with Crippen LogP contribution in [0.1, 0.15) is 96.8 Å². The zero-order chi connectivity index (χ0) is 22.9. The summed E-state index contributed by atoms with van der Waals surface area (Å²) < 4.78 is 0. The molecule has 0 rings (SSSR count). The molecule has 0 heterocycles. The molecule has 0 aromatic rings. The number of carbonyl (C=O) groups excluding carboxylic acids is 2. The van der Waals surface area contributed by atoms with Crippen molar-refractivity contribution in [2.75, 3.05) is 0 Å². The lowest BCUT2D eigenvalue weighted by Crippen LogP contribution is -2.51. The van der Waals surface area contributed by atoms with E-state index in [0.717, 1.165) is 25.7 Å². The van der Waals surface area contributed by atoms with Crippen molar-refractivity contribution in [2.24, 2.45) is 0 Å². The number of carboxylic acid groups (broad SMARTS) is 1. The summed E-state index contributed by atoms with van der Waals surface area (Å²) >= 11 is 0. The van der Waals surface area contributed by atoms with E-state index in [2.05, 4.69) is 6.92 Å². The van der Waals surface area contributed by atoms with Gasteiger partial charge in [0.25, 0.3) is 0 Å². The number of hydrogen-bond acceptors (Lipinski definition) is 7. The van der Waals surface area contributed by atoms with Gasteiger partial charge in [-0.1, -0.05) is 84.0 Å². The lowest BCUT2D eigenvalue weighted by molar-refractivity contribution is -0.166. The molecule has 8 nitrogen and oxygen atoms in total. The summed E-state index contributed by atoms with van der Waals surface area (Å²) in [5.41, 5.74) is 0. The molecule has 0 aromatic heterocycles. The average Bonchev–Trinajstić information content (AvgIpc) is 2.73. The molecule has 0 bridgehead atoms. The molecule has 0 aliphatic heterocycles. The van der Waals surface area contributed by atoms with Crippen molar-refractivity contribution in [3.63, 3.8) is 0 Å². The van der Waals surface area contributed by atoms with E-state index < -0.39 is 42.0 Å². The molecule has 0 unspecified atom stereocenters. The van der Waals surface area contributed by atoms with Gasteiger partial charge in [0, 0.05) is 6.42 Å². The molecule has 0 amide bonds. The van der Waals surface area contributed by atoms with Gasteiger partial charge >= 0.3 is 5.97 Å². The quantitative estimate of drug-likeness (QED) is 0.145. The first-order chi connectivity index (χ1) is 14.2. The Morgan fingerprint density at radius 3 is 1.37 bits per heavy atom. The lowest BCUT2D eigenvalue weighted by atomic mass is 9.96. The van der Waals surface area contributed by atoms with Gasteiger partial charge < -0.3 is 25.5 Å². The average molecular weight is 433 g/mol. The Hall–Kier alpha value is -1.35. The Morgan fingerprint density at radius 1 is 0.600 bits per heavy atom. The van der Waals surface area contributed by atoms with Gasteiger partial charge in [0.05, 0.1) is 0 Å². The van der Waals surface area contributed by atoms with Crippen LogP contribution >= 0.6 is 0 Å². The largest absolute Gasteiger partial charge is 0.479 e. The number of aliphatic carboxylic acids is 1. The Labute approximate surface area is 179 Å². The van der Waals surface area contributed by atoms with E-state index in [1.165, 1.54) is 51.4 Å². The van der Waals surface area contributed by atoms with Crippen LogP contribution in [0.2, 0.25) is 0 Å². The van der Waals surface area contributed by atoms with E-state index in [0.29, 0.717) is 6.42 Å². The molecule has 0 fully saturated rings. The SMILES string of the molecule is CCCCCCCCCCCCCCCC(=O)C(=O)[C@H](O)[C@@H](O)[C@H](O)[C@H](O)C(=O)O. The molecule has 0 radical (unpaired) electrons. The Bertz CT molecular complexity index is 494. The maximum Gasteiger partial charge on any atom is 0.335 e.